The van der Waals surface area contributed by atoms with Gasteiger partial charge in [-0.2, -0.15) is 0 Å². The summed E-state index contributed by atoms with van der Waals surface area (Å²) in [5.41, 5.74) is 1.14. The molecular weight excluding hydrogens is 430 g/mol. The van der Waals surface area contributed by atoms with Gasteiger partial charge in [0, 0.05) is 45.4 Å². The minimum Gasteiger partial charge on any atom is -0.365 e. The Morgan fingerprint density at radius 1 is 0.708 bits per heavy atom. The van der Waals surface area contributed by atoms with Crippen LogP contribution < -0.4 is 0 Å². The molecule has 0 bridgehead atoms. The lowest BCUT2D eigenvalue weighted by atomic mass is 10.2. The topological polar surface area (TPSA) is 18.5 Å². The van der Waals surface area contributed by atoms with Crippen LogP contribution >= 0.6 is 68.0 Å². The summed E-state index contributed by atoms with van der Waals surface area (Å²) in [4.78, 5) is 0. The summed E-state index contributed by atoms with van der Waals surface area (Å²) in [6, 6.07) is 10.7. The number of halogens is 4. The van der Waals surface area contributed by atoms with E-state index in [1.807, 2.05) is 12.1 Å². The van der Waals surface area contributed by atoms with E-state index in [9.17, 15) is 0 Å². The van der Waals surface area contributed by atoms with Crippen LogP contribution in [-0.4, -0.2) is 14.2 Å². The van der Waals surface area contributed by atoms with Crippen molar-refractivity contribution in [3.63, 3.8) is 0 Å². The van der Waals surface area contributed by atoms with Crippen molar-refractivity contribution in [2.45, 2.75) is 10.9 Å². The summed E-state index contributed by atoms with van der Waals surface area (Å²) in [6.45, 7) is 0. The molecule has 0 spiro atoms. The molecule has 0 saturated heterocycles. The van der Waals surface area contributed by atoms with Crippen LogP contribution in [0.15, 0.2) is 36.4 Å². The molecule has 0 N–H and O–H groups in total. The minimum absolute atomic E-state index is 0.275. The second-order valence-electron chi connectivity index (χ2n) is 4.66. The Balaban J connectivity index is 2.13. The largest absolute Gasteiger partial charge is 0.365 e. The molecule has 2 aromatic carbocycles. The van der Waals surface area contributed by atoms with E-state index in [1.165, 1.54) is 21.6 Å². The first-order chi connectivity index (χ1) is 11.5. The molecule has 2 rings (SSSR count). The summed E-state index contributed by atoms with van der Waals surface area (Å²) in [5.74, 6) is 0. The van der Waals surface area contributed by atoms with Crippen LogP contribution in [-0.2, 0) is 9.47 Å². The lowest BCUT2D eigenvalue weighted by molar-refractivity contribution is 0.173. The normalized spacial score (nSPS) is 13.8. The predicted molar refractivity (Wildman–Crippen MR) is 108 cm³/mol. The van der Waals surface area contributed by atoms with E-state index in [0.717, 1.165) is 11.1 Å². The van der Waals surface area contributed by atoms with Gasteiger partial charge in [0.1, 0.15) is 10.9 Å². The third-order valence-corrected chi connectivity index (χ3v) is 6.95. The van der Waals surface area contributed by atoms with Crippen molar-refractivity contribution in [2.75, 3.05) is 14.2 Å². The van der Waals surface area contributed by atoms with Gasteiger partial charge in [-0.25, -0.2) is 0 Å². The molecule has 0 fully saturated rings. The van der Waals surface area contributed by atoms with Crippen LogP contribution in [0, 0.1) is 0 Å². The molecule has 0 aliphatic heterocycles. The van der Waals surface area contributed by atoms with Gasteiger partial charge in [-0.15, -0.1) is 0 Å². The van der Waals surface area contributed by atoms with Crippen molar-refractivity contribution in [1.82, 2.24) is 0 Å². The maximum absolute atomic E-state index is 6.26. The predicted octanol–water partition coefficient (Wildman–Crippen LogP) is 7.67. The summed E-state index contributed by atoms with van der Waals surface area (Å²) in [5, 5.41) is 2.28. The van der Waals surface area contributed by atoms with E-state index in [-0.39, 0.29) is 10.9 Å². The molecule has 0 saturated carbocycles. The Bertz CT molecular complexity index is 640. The number of hydrogen-bond acceptors (Lipinski definition) is 4. The zero-order valence-corrected chi connectivity index (χ0v) is 17.4. The van der Waals surface area contributed by atoms with Crippen LogP contribution in [0.1, 0.15) is 22.0 Å². The highest BCUT2D eigenvalue weighted by Gasteiger charge is 2.21. The molecule has 0 radical (unpaired) electrons. The van der Waals surface area contributed by atoms with E-state index in [2.05, 4.69) is 0 Å². The Hall–Kier alpha value is 0.220. The van der Waals surface area contributed by atoms with E-state index in [0.29, 0.717) is 20.1 Å². The lowest BCUT2D eigenvalue weighted by Crippen LogP contribution is -2.00. The number of methoxy groups -OCH3 is 2. The van der Waals surface area contributed by atoms with Gasteiger partial charge in [0.25, 0.3) is 0 Å². The molecule has 0 aliphatic rings. The Labute approximate surface area is 169 Å². The molecule has 0 heterocycles. The zero-order valence-electron chi connectivity index (χ0n) is 12.8. The van der Waals surface area contributed by atoms with Crippen LogP contribution in [0.4, 0.5) is 0 Å². The van der Waals surface area contributed by atoms with Crippen LogP contribution in [0.5, 0.6) is 0 Å². The Morgan fingerprint density at radius 2 is 1.08 bits per heavy atom. The lowest BCUT2D eigenvalue weighted by Gasteiger charge is -2.20. The molecule has 130 valence electrons. The highest BCUT2D eigenvalue weighted by molar-refractivity contribution is 8.76. The minimum atomic E-state index is -0.275. The average Bonchev–Trinajstić information content (AvgIpc) is 2.54. The molecule has 0 aliphatic carbocycles. The molecule has 2 atom stereocenters. The van der Waals surface area contributed by atoms with Gasteiger partial charge in [-0.3, -0.25) is 0 Å². The number of hydrogen-bond donors (Lipinski definition) is 0. The first kappa shape index (κ1) is 20.5. The second-order valence-corrected chi connectivity index (χ2v) is 8.74. The van der Waals surface area contributed by atoms with Crippen molar-refractivity contribution in [3.8, 4) is 0 Å². The summed E-state index contributed by atoms with van der Waals surface area (Å²) in [6.07, 6.45) is 0. The van der Waals surface area contributed by atoms with Gasteiger partial charge < -0.3 is 9.47 Å². The standard InChI is InChI=1S/C16H14Cl4O2S2/c1-21-15(11-5-3-9(17)7-13(11)19)23-24-16(22-2)12-6-4-10(18)8-14(12)20/h3-8,15-16H,1-2H3. The van der Waals surface area contributed by atoms with Crippen molar-refractivity contribution in [3.05, 3.63) is 67.6 Å². The fourth-order valence-corrected chi connectivity index (χ4v) is 5.74. The van der Waals surface area contributed by atoms with Crippen molar-refractivity contribution in [2.24, 2.45) is 0 Å². The summed E-state index contributed by atoms with van der Waals surface area (Å²) >= 11 is 24.4. The third kappa shape index (κ3) is 5.36. The average molecular weight is 444 g/mol. The molecule has 0 amide bonds. The third-order valence-electron chi connectivity index (χ3n) is 3.09. The van der Waals surface area contributed by atoms with Gasteiger partial charge in [-0.05, 0) is 24.3 Å². The first-order valence-corrected chi connectivity index (χ1v) is 10.5. The van der Waals surface area contributed by atoms with Gasteiger partial charge in [0.05, 0.1) is 0 Å². The summed E-state index contributed by atoms with van der Waals surface area (Å²) < 4.78 is 11.1. The van der Waals surface area contributed by atoms with Gasteiger partial charge >= 0.3 is 0 Å². The van der Waals surface area contributed by atoms with Crippen LogP contribution in [0.25, 0.3) is 0 Å². The van der Waals surface area contributed by atoms with Gasteiger partial charge in [-0.1, -0.05) is 80.1 Å². The molecule has 24 heavy (non-hydrogen) atoms. The SMILES string of the molecule is COC(SSC(OC)c1ccc(Cl)cc1Cl)c1ccc(Cl)cc1Cl. The van der Waals surface area contributed by atoms with E-state index < -0.39 is 0 Å². The molecule has 2 unspecified atom stereocenters. The van der Waals surface area contributed by atoms with Crippen molar-refractivity contribution < 1.29 is 9.47 Å². The first-order valence-electron chi connectivity index (χ1n) is 6.74. The van der Waals surface area contributed by atoms with Gasteiger partial charge in [0.15, 0.2) is 0 Å². The quantitative estimate of drug-likeness (QED) is 0.322. The molecule has 2 aromatic rings. The maximum Gasteiger partial charge on any atom is 0.139 e. The monoisotopic (exact) mass is 442 g/mol. The molecule has 8 heteroatoms. The number of benzene rings is 2. The Kier molecular flexibility index (Phi) is 8.38. The number of rotatable bonds is 7. The van der Waals surface area contributed by atoms with Crippen LogP contribution in [0.2, 0.25) is 20.1 Å². The van der Waals surface area contributed by atoms with E-state index >= 15 is 0 Å². The second kappa shape index (κ2) is 9.79. The van der Waals surface area contributed by atoms with E-state index in [1.54, 1.807) is 38.5 Å². The van der Waals surface area contributed by atoms with E-state index in [4.69, 9.17) is 55.9 Å². The zero-order chi connectivity index (χ0) is 17.7. The highest BCUT2D eigenvalue weighted by Crippen LogP contribution is 2.49. The highest BCUT2D eigenvalue weighted by atomic mass is 35.5. The van der Waals surface area contributed by atoms with Crippen LogP contribution in [0.3, 0.4) is 0 Å². The van der Waals surface area contributed by atoms with Crippen molar-refractivity contribution in [1.29, 1.82) is 0 Å². The fraction of sp³-hybridized carbons (Fsp3) is 0.250. The smallest absolute Gasteiger partial charge is 0.139 e. The fourth-order valence-electron chi connectivity index (χ4n) is 1.92. The molecule has 2 nitrogen and oxygen atoms in total. The summed E-state index contributed by atoms with van der Waals surface area (Å²) in [7, 11) is 6.22. The van der Waals surface area contributed by atoms with Crippen molar-refractivity contribution >= 4 is 68.0 Å². The molecular formula is C16H14Cl4O2S2. The number of ether oxygens (including phenoxy) is 2. The Morgan fingerprint density at radius 3 is 1.38 bits per heavy atom. The van der Waals surface area contributed by atoms with Gasteiger partial charge in [0.2, 0.25) is 0 Å². The maximum atomic E-state index is 6.26. The molecule has 0 aromatic heterocycles.